The molecule has 0 aromatic heterocycles. The van der Waals surface area contributed by atoms with Gasteiger partial charge in [-0.1, -0.05) is 17.7 Å². The van der Waals surface area contributed by atoms with Crippen LogP contribution in [0.1, 0.15) is 36.8 Å². The van der Waals surface area contributed by atoms with Crippen LogP contribution in [-0.4, -0.2) is 18.1 Å². The molecule has 3 rings (SSSR count). The predicted molar refractivity (Wildman–Crippen MR) is 76.0 cm³/mol. The Morgan fingerprint density at radius 2 is 1.72 bits per heavy atom. The first-order valence-corrected chi connectivity index (χ1v) is 7.37. The van der Waals surface area contributed by atoms with Gasteiger partial charge in [0.05, 0.1) is 0 Å². The van der Waals surface area contributed by atoms with Crippen molar-refractivity contribution in [2.24, 2.45) is 5.73 Å². The summed E-state index contributed by atoms with van der Waals surface area (Å²) in [6, 6.07) is 7.99. The van der Waals surface area contributed by atoms with Crippen molar-refractivity contribution in [3.8, 4) is 0 Å². The first-order chi connectivity index (χ1) is 8.70. The third-order valence-corrected chi connectivity index (χ3v) is 4.58. The molecule has 98 valence electrons. The average Bonchev–Trinajstić information content (AvgIpc) is 2.73. The van der Waals surface area contributed by atoms with Crippen LogP contribution in [0.3, 0.4) is 0 Å². The molecule has 1 atom stereocenters. The lowest BCUT2D eigenvalue weighted by Crippen LogP contribution is -2.43. The van der Waals surface area contributed by atoms with Gasteiger partial charge >= 0.3 is 0 Å². The molecule has 2 aliphatic carbocycles. The number of nitrogens with two attached hydrogens (primary N) is 1. The first kappa shape index (κ1) is 12.5. The van der Waals surface area contributed by atoms with Crippen LogP contribution < -0.4 is 11.1 Å². The summed E-state index contributed by atoms with van der Waals surface area (Å²) in [5.41, 5.74) is 8.83. The zero-order valence-electron chi connectivity index (χ0n) is 10.7. The summed E-state index contributed by atoms with van der Waals surface area (Å²) in [4.78, 5) is 0. The highest BCUT2D eigenvalue weighted by molar-refractivity contribution is 6.30. The summed E-state index contributed by atoms with van der Waals surface area (Å²) in [5.74, 6) is 0. The Kier molecular flexibility index (Phi) is 3.60. The van der Waals surface area contributed by atoms with Gasteiger partial charge in [0.1, 0.15) is 0 Å². The van der Waals surface area contributed by atoms with Crippen molar-refractivity contribution in [2.75, 3.05) is 0 Å². The topological polar surface area (TPSA) is 38.0 Å². The van der Waals surface area contributed by atoms with Crippen molar-refractivity contribution < 1.29 is 0 Å². The molecule has 1 saturated carbocycles. The van der Waals surface area contributed by atoms with Gasteiger partial charge in [-0.2, -0.15) is 0 Å². The summed E-state index contributed by atoms with van der Waals surface area (Å²) in [6.45, 7) is 0. The van der Waals surface area contributed by atoms with E-state index in [9.17, 15) is 0 Å². The van der Waals surface area contributed by atoms with Crippen LogP contribution in [0.4, 0.5) is 0 Å². The van der Waals surface area contributed by atoms with E-state index in [4.69, 9.17) is 17.3 Å². The van der Waals surface area contributed by atoms with Gasteiger partial charge in [-0.05, 0) is 61.8 Å². The van der Waals surface area contributed by atoms with E-state index in [-0.39, 0.29) is 0 Å². The maximum Gasteiger partial charge on any atom is 0.0408 e. The molecule has 0 amide bonds. The zero-order valence-corrected chi connectivity index (χ0v) is 11.4. The molecule has 1 aromatic carbocycles. The second kappa shape index (κ2) is 5.20. The largest absolute Gasteiger partial charge is 0.328 e. The second-order valence-electron chi connectivity index (χ2n) is 5.80. The number of nitrogens with one attached hydrogen (secondary N) is 1. The molecule has 0 aliphatic heterocycles. The molecule has 0 spiro atoms. The van der Waals surface area contributed by atoms with Crippen molar-refractivity contribution in [3.63, 3.8) is 0 Å². The van der Waals surface area contributed by atoms with Crippen molar-refractivity contribution in [1.82, 2.24) is 5.32 Å². The summed E-state index contributed by atoms with van der Waals surface area (Å²) in [6.07, 6.45) is 7.07. The Hall–Kier alpha value is -0.570. The first-order valence-electron chi connectivity index (χ1n) is 6.99. The molecule has 18 heavy (non-hydrogen) atoms. The lowest BCUT2D eigenvalue weighted by Gasteiger charge is -2.29. The fourth-order valence-electron chi connectivity index (χ4n) is 3.32. The van der Waals surface area contributed by atoms with Crippen molar-refractivity contribution >= 4 is 11.6 Å². The SMILES string of the molecule is NC1CCC(NC2Cc3ccc(Cl)cc3C2)CC1. The Labute approximate surface area is 114 Å². The molecular formula is C15H21ClN2. The number of fused-ring (bicyclic) bond motifs is 1. The van der Waals surface area contributed by atoms with E-state index < -0.39 is 0 Å². The number of hydrogen-bond donors (Lipinski definition) is 2. The van der Waals surface area contributed by atoms with Gasteiger partial charge in [0.15, 0.2) is 0 Å². The number of hydrogen-bond acceptors (Lipinski definition) is 2. The van der Waals surface area contributed by atoms with Gasteiger partial charge in [-0.15, -0.1) is 0 Å². The van der Waals surface area contributed by atoms with Gasteiger partial charge in [0.2, 0.25) is 0 Å². The molecule has 1 aromatic rings. The standard InChI is InChI=1S/C15H21ClN2/c16-12-2-1-10-8-15(9-11(10)7-12)18-14-5-3-13(17)4-6-14/h1-2,7,13-15,18H,3-6,8-9,17H2. The van der Waals surface area contributed by atoms with Gasteiger partial charge in [0, 0.05) is 23.1 Å². The van der Waals surface area contributed by atoms with Crippen LogP contribution in [0.5, 0.6) is 0 Å². The minimum Gasteiger partial charge on any atom is -0.328 e. The quantitative estimate of drug-likeness (QED) is 0.862. The molecule has 2 nitrogen and oxygen atoms in total. The zero-order chi connectivity index (χ0) is 12.5. The molecule has 2 aliphatic rings. The van der Waals surface area contributed by atoms with Crippen molar-refractivity contribution in [2.45, 2.75) is 56.7 Å². The van der Waals surface area contributed by atoms with Gasteiger partial charge < -0.3 is 11.1 Å². The van der Waals surface area contributed by atoms with Crippen LogP contribution in [0.2, 0.25) is 5.02 Å². The van der Waals surface area contributed by atoms with Crippen LogP contribution in [0.25, 0.3) is 0 Å². The van der Waals surface area contributed by atoms with Gasteiger partial charge in [-0.25, -0.2) is 0 Å². The third kappa shape index (κ3) is 2.71. The summed E-state index contributed by atoms with van der Waals surface area (Å²) in [7, 11) is 0. The number of rotatable bonds is 2. The van der Waals surface area contributed by atoms with E-state index in [2.05, 4.69) is 17.4 Å². The van der Waals surface area contributed by atoms with E-state index in [1.807, 2.05) is 6.07 Å². The molecular weight excluding hydrogens is 244 g/mol. The molecule has 0 bridgehead atoms. The highest BCUT2D eigenvalue weighted by Crippen LogP contribution is 2.27. The molecule has 0 saturated heterocycles. The predicted octanol–water partition coefficient (Wildman–Crippen LogP) is 2.67. The number of benzene rings is 1. The number of halogens is 1. The Morgan fingerprint density at radius 1 is 1.00 bits per heavy atom. The third-order valence-electron chi connectivity index (χ3n) is 4.34. The lowest BCUT2D eigenvalue weighted by molar-refractivity contribution is 0.316. The average molecular weight is 265 g/mol. The maximum absolute atomic E-state index is 6.04. The van der Waals surface area contributed by atoms with Crippen LogP contribution >= 0.6 is 11.6 Å². The summed E-state index contributed by atoms with van der Waals surface area (Å²) in [5, 5.41) is 4.67. The molecule has 0 radical (unpaired) electrons. The van der Waals surface area contributed by atoms with Gasteiger partial charge in [-0.3, -0.25) is 0 Å². The van der Waals surface area contributed by atoms with Gasteiger partial charge in [0.25, 0.3) is 0 Å². The Balaban J connectivity index is 1.58. The fourth-order valence-corrected chi connectivity index (χ4v) is 3.52. The van der Waals surface area contributed by atoms with Crippen LogP contribution in [-0.2, 0) is 12.8 Å². The summed E-state index contributed by atoms with van der Waals surface area (Å²) < 4.78 is 0. The van der Waals surface area contributed by atoms with Crippen molar-refractivity contribution in [1.29, 1.82) is 0 Å². The van der Waals surface area contributed by atoms with E-state index in [1.54, 1.807) is 0 Å². The molecule has 3 N–H and O–H groups in total. The minimum atomic E-state index is 0.433. The van der Waals surface area contributed by atoms with E-state index in [1.165, 1.54) is 36.8 Å². The molecule has 3 heteroatoms. The highest BCUT2D eigenvalue weighted by atomic mass is 35.5. The van der Waals surface area contributed by atoms with Crippen LogP contribution in [0.15, 0.2) is 18.2 Å². The Bertz CT molecular complexity index is 425. The lowest BCUT2D eigenvalue weighted by atomic mass is 9.91. The van der Waals surface area contributed by atoms with E-state index in [0.717, 1.165) is 17.9 Å². The van der Waals surface area contributed by atoms with E-state index >= 15 is 0 Å². The second-order valence-corrected chi connectivity index (χ2v) is 6.23. The minimum absolute atomic E-state index is 0.433. The normalized spacial score (nSPS) is 31.3. The highest BCUT2D eigenvalue weighted by Gasteiger charge is 2.25. The van der Waals surface area contributed by atoms with E-state index in [0.29, 0.717) is 18.1 Å². The van der Waals surface area contributed by atoms with Crippen LogP contribution in [0, 0.1) is 0 Å². The van der Waals surface area contributed by atoms with Crippen molar-refractivity contribution in [3.05, 3.63) is 34.3 Å². The monoisotopic (exact) mass is 264 g/mol. The maximum atomic E-state index is 6.04. The molecule has 0 heterocycles. The Morgan fingerprint density at radius 3 is 2.50 bits per heavy atom. The molecule has 1 fully saturated rings. The fraction of sp³-hybridized carbons (Fsp3) is 0.600. The molecule has 1 unspecified atom stereocenters. The summed E-state index contributed by atoms with van der Waals surface area (Å²) >= 11 is 6.04. The smallest absolute Gasteiger partial charge is 0.0408 e.